The summed E-state index contributed by atoms with van der Waals surface area (Å²) in [7, 11) is 1.61. The molecule has 0 saturated heterocycles. The van der Waals surface area contributed by atoms with Crippen LogP contribution in [0.2, 0.25) is 0 Å². The van der Waals surface area contributed by atoms with Crippen molar-refractivity contribution in [1.82, 2.24) is 0 Å². The second kappa shape index (κ2) is 18.8. The molecule has 0 atom stereocenters. The van der Waals surface area contributed by atoms with Crippen LogP contribution < -0.4 is 14.2 Å². The SMILES string of the molecule is COc1cc(/C=C(\C#N)c2ccc(O)c(OC(C)C)c2)ccc1OCCCCCCCCCCCOC(=O)C(C)(C(C)(C)C)C(C)(C)C. The molecule has 0 heterocycles. The molecule has 0 aromatic heterocycles. The number of unbranched alkanes of at least 4 members (excludes halogenated alkanes) is 8. The van der Waals surface area contributed by atoms with E-state index >= 15 is 0 Å². The molecular formula is C41H61NO6. The highest BCUT2D eigenvalue weighted by Crippen LogP contribution is 2.52. The van der Waals surface area contributed by atoms with Gasteiger partial charge in [0.05, 0.1) is 43.5 Å². The molecular weight excluding hydrogens is 602 g/mol. The number of hydrogen-bond donors (Lipinski definition) is 1. The number of hydrogen-bond acceptors (Lipinski definition) is 7. The van der Waals surface area contributed by atoms with E-state index in [-0.39, 0.29) is 28.7 Å². The van der Waals surface area contributed by atoms with Gasteiger partial charge in [0.25, 0.3) is 0 Å². The number of rotatable bonds is 19. The molecule has 0 amide bonds. The van der Waals surface area contributed by atoms with E-state index in [2.05, 4.69) is 47.6 Å². The number of nitrogens with zero attached hydrogens (tertiary/aromatic N) is 1. The van der Waals surface area contributed by atoms with Crippen molar-refractivity contribution in [2.75, 3.05) is 20.3 Å². The zero-order valence-corrected chi connectivity index (χ0v) is 31.3. The van der Waals surface area contributed by atoms with Crippen LogP contribution in [0, 0.1) is 27.6 Å². The zero-order valence-electron chi connectivity index (χ0n) is 31.3. The Kier molecular flexibility index (Phi) is 15.8. The summed E-state index contributed by atoms with van der Waals surface area (Å²) in [5.74, 6) is 1.59. The maximum absolute atomic E-state index is 13.0. The quantitative estimate of drug-likeness (QED) is 0.0691. The Bertz CT molecular complexity index is 1360. The van der Waals surface area contributed by atoms with E-state index in [1.807, 2.05) is 39.0 Å². The summed E-state index contributed by atoms with van der Waals surface area (Å²) in [6.45, 7) is 19.7. The average molecular weight is 664 g/mol. The minimum Gasteiger partial charge on any atom is -0.504 e. The fourth-order valence-electron chi connectivity index (χ4n) is 5.94. The van der Waals surface area contributed by atoms with Crippen LogP contribution in [0.5, 0.6) is 23.0 Å². The predicted octanol–water partition coefficient (Wildman–Crippen LogP) is 10.8. The highest BCUT2D eigenvalue weighted by atomic mass is 16.5. The summed E-state index contributed by atoms with van der Waals surface area (Å²) in [5, 5.41) is 19.9. The third-order valence-corrected chi connectivity index (χ3v) is 9.44. The first-order valence-electron chi connectivity index (χ1n) is 17.6. The van der Waals surface area contributed by atoms with Crippen molar-refractivity contribution in [2.24, 2.45) is 16.2 Å². The van der Waals surface area contributed by atoms with Crippen LogP contribution in [0.3, 0.4) is 0 Å². The van der Waals surface area contributed by atoms with Crippen LogP contribution in [0.15, 0.2) is 36.4 Å². The smallest absolute Gasteiger partial charge is 0.312 e. The maximum Gasteiger partial charge on any atom is 0.312 e. The number of phenolic OH excluding ortho intramolecular Hbond substituents is 1. The van der Waals surface area contributed by atoms with Gasteiger partial charge in [-0.2, -0.15) is 5.26 Å². The van der Waals surface area contributed by atoms with E-state index in [1.165, 1.54) is 38.2 Å². The number of carbonyl (C=O) groups excluding carboxylic acids is 1. The summed E-state index contributed by atoms with van der Waals surface area (Å²) < 4.78 is 23.0. The van der Waals surface area contributed by atoms with Crippen molar-refractivity contribution in [1.29, 1.82) is 5.26 Å². The molecule has 2 aromatic carbocycles. The molecule has 1 N–H and O–H groups in total. The molecule has 7 nitrogen and oxygen atoms in total. The molecule has 2 rings (SSSR count). The third-order valence-electron chi connectivity index (χ3n) is 9.44. The van der Waals surface area contributed by atoms with Crippen LogP contribution in [0.4, 0.5) is 0 Å². The fourth-order valence-corrected chi connectivity index (χ4v) is 5.94. The largest absolute Gasteiger partial charge is 0.504 e. The number of carbonyl (C=O) groups is 1. The van der Waals surface area contributed by atoms with E-state index in [0.717, 1.165) is 31.2 Å². The van der Waals surface area contributed by atoms with E-state index < -0.39 is 5.41 Å². The monoisotopic (exact) mass is 663 g/mol. The van der Waals surface area contributed by atoms with Crippen molar-refractivity contribution in [3.8, 4) is 29.1 Å². The standard InChI is InChI=1S/C41H61NO6/c1-30(2)48-36-28-32(21-22-34(36)43)33(29-42)26-31-20-23-35(37(27-31)45-10)46-24-18-16-14-12-11-13-15-17-19-25-47-38(44)41(9,39(3,4)5)40(6,7)8/h20-23,26-28,30,43H,11-19,24-25H2,1-10H3/b33-26+. The number of esters is 1. The zero-order chi connectivity index (χ0) is 36.0. The van der Waals surface area contributed by atoms with E-state index in [1.54, 1.807) is 25.3 Å². The Morgan fingerprint density at radius 1 is 0.792 bits per heavy atom. The molecule has 266 valence electrons. The highest BCUT2D eigenvalue weighted by molar-refractivity contribution is 5.90. The molecule has 7 heteroatoms. The first kappa shape index (κ1) is 40.5. The minimum absolute atomic E-state index is 0.0385. The van der Waals surface area contributed by atoms with Gasteiger partial charge in [-0.25, -0.2) is 0 Å². The number of ether oxygens (including phenoxy) is 4. The van der Waals surface area contributed by atoms with Crippen LogP contribution in [-0.2, 0) is 9.53 Å². The summed E-state index contributed by atoms with van der Waals surface area (Å²) in [4.78, 5) is 13.0. The summed E-state index contributed by atoms with van der Waals surface area (Å²) >= 11 is 0. The van der Waals surface area contributed by atoms with Gasteiger partial charge in [0.15, 0.2) is 23.0 Å². The molecule has 0 aliphatic rings. The van der Waals surface area contributed by atoms with Crippen molar-refractivity contribution in [2.45, 2.75) is 126 Å². The molecule has 0 fully saturated rings. The lowest BCUT2D eigenvalue weighted by Crippen LogP contribution is -2.50. The summed E-state index contributed by atoms with van der Waals surface area (Å²) in [5.41, 5.74) is 0.998. The summed E-state index contributed by atoms with van der Waals surface area (Å²) in [6.07, 6.45) is 11.7. The normalized spacial score (nSPS) is 12.5. The van der Waals surface area contributed by atoms with Crippen molar-refractivity contribution in [3.05, 3.63) is 47.5 Å². The lowest BCUT2D eigenvalue weighted by molar-refractivity contribution is -0.172. The van der Waals surface area contributed by atoms with Gasteiger partial charge in [-0.1, -0.05) is 92.6 Å². The Morgan fingerprint density at radius 2 is 1.35 bits per heavy atom. The number of phenols is 1. The van der Waals surface area contributed by atoms with Gasteiger partial charge in [-0.3, -0.25) is 4.79 Å². The third kappa shape index (κ3) is 11.8. The van der Waals surface area contributed by atoms with Crippen molar-refractivity contribution < 1.29 is 28.8 Å². The Hall–Kier alpha value is -3.66. The molecule has 0 aliphatic heterocycles. The number of methoxy groups -OCH3 is 1. The number of aromatic hydroxyl groups is 1. The maximum atomic E-state index is 13.0. The Morgan fingerprint density at radius 3 is 1.88 bits per heavy atom. The fraction of sp³-hybridized carbons (Fsp3) is 0.610. The Labute approximate surface area is 290 Å². The van der Waals surface area contributed by atoms with Gasteiger partial charge in [-0.05, 0) is 92.0 Å². The van der Waals surface area contributed by atoms with Gasteiger partial charge in [0, 0.05) is 0 Å². The highest BCUT2D eigenvalue weighted by Gasteiger charge is 2.53. The van der Waals surface area contributed by atoms with Gasteiger partial charge < -0.3 is 24.1 Å². The topological polar surface area (TPSA) is 98.0 Å². The molecule has 0 bridgehead atoms. The van der Waals surface area contributed by atoms with Crippen molar-refractivity contribution >= 4 is 17.6 Å². The number of benzene rings is 2. The molecule has 48 heavy (non-hydrogen) atoms. The second-order valence-electron chi connectivity index (χ2n) is 15.2. The number of allylic oxidation sites excluding steroid dienone is 1. The predicted molar refractivity (Wildman–Crippen MR) is 195 cm³/mol. The van der Waals surface area contributed by atoms with Crippen LogP contribution in [-0.4, -0.2) is 37.5 Å². The van der Waals surface area contributed by atoms with E-state index in [9.17, 15) is 15.2 Å². The first-order chi connectivity index (χ1) is 22.5. The molecule has 0 radical (unpaired) electrons. The van der Waals surface area contributed by atoms with Crippen LogP contribution >= 0.6 is 0 Å². The van der Waals surface area contributed by atoms with Crippen molar-refractivity contribution in [3.63, 3.8) is 0 Å². The van der Waals surface area contributed by atoms with Crippen LogP contribution in [0.25, 0.3) is 11.6 Å². The molecule has 0 spiro atoms. The first-order valence-corrected chi connectivity index (χ1v) is 17.6. The van der Waals surface area contributed by atoms with Gasteiger partial charge in [-0.15, -0.1) is 0 Å². The van der Waals surface area contributed by atoms with Crippen LogP contribution in [0.1, 0.15) is 131 Å². The lowest BCUT2D eigenvalue weighted by Gasteiger charge is -2.48. The van der Waals surface area contributed by atoms with E-state index in [0.29, 0.717) is 41.6 Å². The van der Waals surface area contributed by atoms with E-state index in [4.69, 9.17) is 18.9 Å². The van der Waals surface area contributed by atoms with Gasteiger partial charge >= 0.3 is 5.97 Å². The summed E-state index contributed by atoms with van der Waals surface area (Å²) in [6, 6.07) is 12.8. The second-order valence-corrected chi connectivity index (χ2v) is 15.2. The molecule has 0 unspecified atom stereocenters. The lowest BCUT2D eigenvalue weighted by atomic mass is 9.55. The molecule has 0 saturated carbocycles. The van der Waals surface area contributed by atoms with Gasteiger partial charge in [0.1, 0.15) is 0 Å². The molecule has 0 aliphatic carbocycles. The molecule has 2 aromatic rings. The minimum atomic E-state index is -0.548. The Balaban J connectivity index is 1.69. The average Bonchev–Trinajstić information content (AvgIpc) is 3.01. The number of nitriles is 1. The van der Waals surface area contributed by atoms with Gasteiger partial charge in [0.2, 0.25) is 0 Å².